The van der Waals surface area contributed by atoms with E-state index in [0.29, 0.717) is 17.9 Å². The van der Waals surface area contributed by atoms with Crippen molar-refractivity contribution in [3.63, 3.8) is 0 Å². The summed E-state index contributed by atoms with van der Waals surface area (Å²) in [5.74, 6) is 0.0119. The fourth-order valence-corrected chi connectivity index (χ4v) is 2.48. The van der Waals surface area contributed by atoms with E-state index in [9.17, 15) is 14.9 Å². The summed E-state index contributed by atoms with van der Waals surface area (Å²) in [7, 11) is 0. The van der Waals surface area contributed by atoms with E-state index < -0.39 is 10.8 Å². The van der Waals surface area contributed by atoms with Gasteiger partial charge in [0.15, 0.2) is 0 Å². The highest BCUT2D eigenvalue weighted by Gasteiger charge is 2.18. The minimum absolute atomic E-state index is 0.0513. The molecule has 7 heteroatoms. The number of nitrogens with zero attached hydrogens (tertiary/aromatic N) is 2. The standard InChI is InChI=1S/C21H17N3O4/c25-21(19-11-4-5-12-20(19)24(26)27)23-22-14-17-9-6-10-18(13-17)28-15-16-7-2-1-3-8-16/h1-14H,15H2,(H,23,25). The number of amides is 1. The Morgan fingerprint density at radius 2 is 1.79 bits per heavy atom. The van der Waals surface area contributed by atoms with Crippen molar-refractivity contribution >= 4 is 17.8 Å². The third-order valence-corrected chi connectivity index (χ3v) is 3.83. The molecule has 0 aliphatic heterocycles. The fourth-order valence-electron chi connectivity index (χ4n) is 2.48. The number of nitro groups is 1. The molecule has 3 rings (SSSR count). The topological polar surface area (TPSA) is 93.8 Å². The number of rotatable bonds is 7. The molecule has 0 saturated carbocycles. The van der Waals surface area contributed by atoms with Gasteiger partial charge < -0.3 is 4.74 Å². The van der Waals surface area contributed by atoms with Gasteiger partial charge in [0.2, 0.25) is 0 Å². The summed E-state index contributed by atoms with van der Waals surface area (Å²) in [6.07, 6.45) is 1.45. The van der Waals surface area contributed by atoms with Gasteiger partial charge in [0.05, 0.1) is 11.1 Å². The first-order chi connectivity index (χ1) is 13.6. The average molecular weight is 375 g/mol. The number of hydrogen-bond donors (Lipinski definition) is 1. The number of hydrazone groups is 1. The van der Waals surface area contributed by atoms with Gasteiger partial charge in [-0.15, -0.1) is 0 Å². The lowest BCUT2D eigenvalue weighted by Gasteiger charge is -2.06. The zero-order valence-corrected chi connectivity index (χ0v) is 14.8. The molecule has 28 heavy (non-hydrogen) atoms. The second-order valence-electron chi connectivity index (χ2n) is 5.82. The average Bonchev–Trinajstić information content (AvgIpc) is 2.73. The van der Waals surface area contributed by atoms with Crippen molar-refractivity contribution in [2.75, 3.05) is 0 Å². The Bertz CT molecular complexity index is 1000. The number of para-hydroxylation sites is 1. The summed E-state index contributed by atoms with van der Waals surface area (Å²) in [6, 6.07) is 22.7. The molecule has 3 aromatic carbocycles. The van der Waals surface area contributed by atoms with E-state index in [2.05, 4.69) is 10.5 Å². The predicted molar refractivity (Wildman–Crippen MR) is 105 cm³/mol. The molecule has 140 valence electrons. The van der Waals surface area contributed by atoms with E-state index in [1.165, 1.54) is 24.4 Å². The first-order valence-corrected chi connectivity index (χ1v) is 8.47. The lowest BCUT2D eigenvalue weighted by Crippen LogP contribution is -2.18. The second kappa shape index (κ2) is 9.09. The quantitative estimate of drug-likeness (QED) is 0.384. The van der Waals surface area contributed by atoms with Crippen molar-refractivity contribution in [2.24, 2.45) is 5.10 Å². The van der Waals surface area contributed by atoms with Crippen LogP contribution in [0.25, 0.3) is 0 Å². The van der Waals surface area contributed by atoms with Gasteiger partial charge in [0.25, 0.3) is 11.6 Å². The lowest BCUT2D eigenvalue weighted by molar-refractivity contribution is -0.385. The molecular formula is C21H17N3O4. The zero-order valence-electron chi connectivity index (χ0n) is 14.8. The summed E-state index contributed by atoms with van der Waals surface area (Å²) in [6.45, 7) is 0.440. The first-order valence-electron chi connectivity index (χ1n) is 8.47. The van der Waals surface area contributed by atoms with Crippen LogP contribution in [-0.4, -0.2) is 17.0 Å². The van der Waals surface area contributed by atoms with E-state index in [4.69, 9.17) is 4.74 Å². The van der Waals surface area contributed by atoms with Crippen molar-refractivity contribution < 1.29 is 14.5 Å². The summed E-state index contributed by atoms with van der Waals surface area (Å²) >= 11 is 0. The van der Waals surface area contributed by atoms with Crippen LogP contribution in [0.3, 0.4) is 0 Å². The second-order valence-corrected chi connectivity index (χ2v) is 5.82. The number of nitro benzene ring substituents is 1. The van der Waals surface area contributed by atoms with E-state index in [1.54, 1.807) is 18.2 Å². The van der Waals surface area contributed by atoms with E-state index >= 15 is 0 Å². The molecule has 3 aromatic rings. The van der Waals surface area contributed by atoms with Crippen molar-refractivity contribution in [1.29, 1.82) is 0 Å². The molecular weight excluding hydrogens is 358 g/mol. The Labute approximate surface area is 161 Å². The molecule has 0 heterocycles. The van der Waals surface area contributed by atoms with Crippen LogP contribution in [0.1, 0.15) is 21.5 Å². The molecule has 1 amide bonds. The zero-order chi connectivity index (χ0) is 19.8. The molecule has 0 aliphatic carbocycles. The molecule has 0 radical (unpaired) electrons. The smallest absolute Gasteiger partial charge is 0.282 e. The molecule has 0 bridgehead atoms. The van der Waals surface area contributed by atoms with Crippen LogP contribution in [0.15, 0.2) is 84.0 Å². The van der Waals surface area contributed by atoms with Crippen LogP contribution < -0.4 is 10.2 Å². The molecule has 7 nitrogen and oxygen atoms in total. The molecule has 0 unspecified atom stereocenters. The summed E-state index contributed by atoms with van der Waals surface area (Å²) < 4.78 is 5.75. The van der Waals surface area contributed by atoms with Gasteiger partial charge in [-0.25, -0.2) is 5.43 Å². The molecule has 0 fully saturated rings. The summed E-state index contributed by atoms with van der Waals surface area (Å²) in [5, 5.41) is 14.9. The first kappa shape index (κ1) is 18.8. The van der Waals surface area contributed by atoms with Crippen molar-refractivity contribution in [2.45, 2.75) is 6.61 Å². The fraction of sp³-hybridized carbons (Fsp3) is 0.0476. The highest BCUT2D eigenvalue weighted by Crippen LogP contribution is 2.17. The Kier molecular flexibility index (Phi) is 6.10. The molecule has 0 saturated heterocycles. The van der Waals surface area contributed by atoms with E-state index in [1.807, 2.05) is 42.5 Å². The highest BCUT2D eigenvalue weighted by molar-refractivity contribution is 5.98. The molecule has 0 atom stereocenters. The Balaban J connectivity index is 1.62. The SMILES string of the molecule is O=C(NN=Cc1cccc(OCc2ccccc2)c1)c1ccccc1[N+](=O)[O-]. The Hall–Kier alpha value is -4.00. The van der Waals surface area contributed by atoms with E-state index in [0.717, 1.165) is 5.56 Å². The lowest BCUT2D eigenvalue weighted by atomic mass is 10.2. The Morgan fingerprint density at radius 3 is 2.57 bits per heavy atom. The number of carbonyl (C=O) groups excluding carboxylic acids is 1. The highest BCUT2D eigenvalue weighted by atomic mass is 16.6. The number of ether oxygens (including phenoxy) is 1. The number of hydrogen-bond acceptors (Lipinski definition) is 5. The summed E-state index contributed by atoms with van der Waals surface area (Å²) in [5.41, 5.74) is 3.75. The summed E-state index contributed by atoms with van der Waals surface area (Å²) in [4.78, 5) is 22.5. The number of nitrogens with one attached hydrogen (secondary N) is 1. The van der Waals surface area contributed by atoms with Crippen LogP contribution in [0.5, 0.6) is 5.75 Å². The molecule has 0 spiro atoms. The minimum Gasteiger partial charge on any atom is -0.489 e. The van der Waals surface area contributed by atoms with Gasteiger partial charge in [-0.2, -0.15) is 5.10 Å². The molecule has 0 aromatic heterocycles. The van der Waals surface area contributed by atoms with Gasteiger partial charge in [0.1, 0.15) is 17.9 Å². The number of carbonyl (C=O) groups is 1. The molecule has 0 aliphatic rings. The van der Waals surface area contributed by atoms with Gasteiger partial charge in [-0.1, -0.05) is 54.6 Å². The maximum absolute atomic E-state index is 12.1. The van der Waals surface area contributed by atoms with Crippen molar-refractivity contribution in [3.8, 4) is 5.75 Å². The van der Waals surface area contributed by atoms with Crippen molar-refractivity contribution in [1.82, 2.24) is 5.43 Å². The van der Waals surface area contributed by atoms with Crippen molar-refractivity contribution in [3.05, 3.63) is 106 Å². The largest absolute Gasteiger partial charge is 0.489 e. The van der Waals surface area contributed by atoms with Gasteiger partial charge in [-0.3, -0.25) is 14.9 Å². The predicted octanol–water partition coefficient (Wildman–Crippen LogP) is 3.94. The monoisotopic (exact) mass is 375 g/mol. The Morgan fingerprint density at radius 1 is 1.04 bits per heavy atom. The minimum atomic E-state index is -0.653. The van der Waals surface area contributed by atoms with Crippen LogP contribution in [0, 0.1) is 10.1 Å². The van der Waals surface area contributed by atoms with Gasteiger partial charge in [0, 0.05) is 6.07 Å². The van der Waals surface area contributed by atoms with Crippen LogP contribution in [0.2, 0.25) is 0 Å². The maximum Gasteiger partial charge on any atom is 0.282 e. The van der Waals surface area contributed by atoms with Gasteiger partial charge in [-0.05, 0) is 29.3 Å². The third kappa shape index (κ3) is 5.01. The third-order valence-electron chi connectivity index (χ3n) is 3.83. The van der Waals surface area contributed by atoms with E-state index in [-0.39, 0.29) is 11.3 Å². The number of benzene rings is 3. The maximum atomic E-state index is 12.1. The normalized spacial score (nSPS) is 10.6. The van der Waals surface area contributed by atoms with Crippen LogP contribution in [-0.2, 0) is 6.61 Å². The molecule has 1 N–H and O–H groups in total. The van der Waals surface area contributed by atoms with Gasteiger partial charge >= 0.3 is 0 Å². The van der Waals surface area contributed by atoms with Crippen LogP contribution in [0.4, 0.5) is 5.69 Å². The van der Waals surface area contributed by atoms with Crippen LogP contribution >= 0.6 is 0 Å².